The normalized spacial score (nSPS) is 16.3. The van der Waals surface area contributed by atoms with Crippen LogP contribution in [0.3, 0.4) is 0 Å². The monoisotopic (exact) mass is 274 g/mol. The van der Waals surface area contributed by atoms with Crippen LogP contribution in [0.1, 0.15) is 53.4 Å². The number of oxime groups is 2. The Hall–Kier alpha value is -0.883. The average molecular weight is 274 g/mol. The molecule has 0 rings (SSSR count). The Balaban J connectivity index is 4.43. The molecule has 0 saturated heterocycles. The van der Waals surface area contributed by atoms with Crippen LogP contribution in [0.4, 0.5) is 0 Å². The first kappa shape index (κ1) is 17.1. The minimum absolute atomic E-state index is 0.909. The van der Waals surface area contributed by atoms with Gasteiger partial charge >= 0.3 is 8.80 Å². The summed E-state index contributed by atoms with van der Waals surface area (Å²) in [6.45, 7) is 9.83. The molecule has 0 N–H and O–H groups in total. The Morgan fingerprint density at radius 2 is 1.33 bits per heavy atom. The van der Waals surface area contributed by atoms with Crippen molar-refractivity contribution >= 4 is 20.2 Å². The smallest absolute Gasteiger partial charge is 0.383 e. The van der Waals surface area contributed by atoms with Gasteiger partial charge in [0.2, 0.25) is 0 Å². The van der Waals surface area contributed by atoms with E-state index in [0.717, 1.165) is 37.1 Å². The van der Waals surface area contributed by atoms with Gasteiger partial charge in [0, 0.05) is 13.7 Å². The molecule has 106 valence electrons. The second kappa shape index (κ2) is 9.10. The molecule has 0 heterocycles. The zero-order valence-electron chi connectivity index (χ0n) is 12.4. The van der Waals surface area contributed by atoms with Gasteiger partial charge in [-0.1, -0.05) is 26.7 Å². The van der Waals surface area contributed by atoms with Gasteiger partial charge in [0.25, 0.3) is 0 Å². The minimum atomic E-state index is -2.78. The Bertz CT molecular complexity index is 269. The fraction of sp³-hybridized carbons (Fsp3) is 0.833. The van der Waals surface area contributed by atoms with Crippen molar-refractivity contribution in [1.82, 2.24) is 0 Å². The molecule has 18 heavy (non-hydrogen) atoms. The number of hydrogen-bond acceptors (Lipinski definition) is 5. The van der Waals surface area contributed by atoms with Gasteiger partial charge in [-0.15, -0.1) is 10.3 Å². The van der Waals surface area contributed by atoms with E-state index in [9.17, 15) is 0 Å². The van der Waals surface area contributed by atoms with Crippen LogP contribution in [-0.4, -0.2) is 27.3 Å². The average Bonchev–Trinajstić information content (AvgIpc) is 2.35. The van der Waals surface area contributed by atoms with E-state index < -0.39 is 8.80 Å². The van der Waals surface area contributed by atoms with Gasteiger partial charge in [0.1, 0.15) is 0 Å². The summed E-state index contributed by atoms with van der Waals surface area (Å²) in [5.41, 5.74) is 1.87. The molecule has 0 saturated carbocycles. The topological polar surface area (TPSA) is 52.4 Å². The summed E-state index contributed by atoms with van der Waals surface area (Å²) in [6, 6.07) is 0. The Labute approximate surface area is 112 Å². The van der Waals surface area contributed by atoms with Crippen LogP contribution in [-0.2, 0) is 13.5 Å². The Morgan fingerprint density at radius 3 is 1.61 bits per heavy atom. The highest BCUT2D eigenvalue weighted by molar-refractivity contribution is 6.59. The van der Waals surface area contributed by atoms with Gasteiger partial charge in [0.15, 0.2) is 0 Å². The molecule has 0 aliphatic carbocycles. The molecule has 5 nitrogen and oxygen atoms in total. The van der Waals surface area contributed by atoms with E-state index in [-0.39, 0.29) is 0 Å². The van der Waals surface area contributed by atoms with Crippen molar-refractivity contribution in [2.75, 3.05) is 7.11 Å². The molecule has 0 bridgehead atoms. The first-order valence-corrected chi connectivity index (χ1v) is 8.68. The molecule has 0 radical (unpaired) electrons. The predicted octanol–water partition coefficient (Wildman–Crippen LogP) is 3.59. The number of hydrogen-bond donors (Lipinski definition) is 0. The highest BCUT2D eigenvalue weighted by Gasteiger charge is 2.40. The molecule has 0 spiro atoms. The van der Waals surface area contributed by atoms with E-state index in [1.807, 2.05) is 13.8 Å². The van der Waals surface area contributed by atoms with Crippen molar-refractivity contribution < 1.29 is 13.5 Å². The third-order valence-electron chi connectivity index (χ3n) is 2.33. The summed E-state index contributed by atoms with van der Waals surface area (Å²) in [4.78, 5) is 0. The maximum absolute atomic E-state index is 5.40. The van der Waals surface area contributed by atoms with Gasteiger partial charge in [-0.25, -0.2) is 0 Å². The summed E-state index contributed by atoms with van der Waals surface area (Å²) >= 11 is 0. The zero-order valence-corrected chi connectivity index (χ0v) is 13.4. The van der Waals surface area contributed by atoms with E-state index in [1.54, 1.807) is 13.7 Å². The fourth-order valence-electron chi connectivity index (χ4n) is 1.23. The van der Waals surface area contributed by atoms with E-state index >= 15 is 0 Å². The molecule has 0 amide bonds. The van der Waals surface area contributed by atoms with Gasteiger partial charge in [-0.2, -0.15) is 0 Å². The first-order valence-electron chi connectivity index (χ1n) is 6.45. The summed E-state index contributed by atoms with van der Waals surface area (Å²) in [7, 11) is -1.22. The zero-order chi connectivity index (χ0) is 14.0. The van der Waals surface area contributed by atoms with Crippen molar-refractivity contribution in [2.24, 2.45) is 10.3 Å². The molecule has 6 heteroatoms. The Kier molecular flexibility index (Phi) is 8.65. The van der Waals surface area contributed by atoms with Crippen molar-refractivity contribution in [3.63, 3.8) is 0 Å². The quantitative estimate of drug-likeness (QED) is 0.367. The van der Waals surface area contributed by atoms with Crippen LogP contribution < -0.4 is 0 Å². The van der Waals surface area contributed by atoms with E-state index in [4.69, 9.17) is 13.5 Å². The number of rotatable bonds is 9. The maximum atomic E-state index is 5.40. The van der Waals surface area contributed by atoms with Gasteiger partial charge < -0.3 is 13.5 Å². The maximum Gasteiger partial charge on any atom is 0.670 e. The molecule has 0 fully saturated rings. The lowest BCUT2D eigenvalue weighted by molar-refractivity contribution is 0.0897. The molecule has 0 aromatic carbocycles. The van der Waals surface area contributed by atoms with Crippen molar-refractivity contribution in [2.45, 2.75) is 59.9 Å². The third kappa shape index (κ3) is 7.44. The molecule has 0 aliphatic rings. The van der Waals surface area contributed by atoms with Crippen LogP contribution in [0, 0.1) is 0 Å². The van der Waals surface area contributed by atoms with E-state index in [1.165, 1.54) is 0 Å². The molecular weight excluding hydrogens is 248 g/mol. The molecule has 0 aromatic heterocycles. The van der Waals surface area contributed by atoms with Crippen LogP contribution in [0.2, 0.25) is 6.55 Å². The SMILES string of the molecule is CCCC(C)=NO[Si](C)(OC)ON=C(C)CCC. The summed E-state index contributed by atoms with van der Waals surface area (Å²) in [6.07, 6.45) is 3.90. The second-order valence-corrected chi connectivity index (χ2v) is 6.90. The highest BCUT2D eigenvalue weighted by atomic mass is 28.4. The molecule has 0 aliphatic heterocycles. The lowest BCUT2D eigenvalue weighted by atomic mass is 10.2. The number of nitrogens with zero attached hydrogens (tertiary/aromatic N) is 2. The lowest BCUT2D eigenvalue weighted by Gasteiger charge is -2.18. The standard InChI is InChI=1S/C12H26N2O3Si/c1-7-9-11(3)13-16-18(6,15-5)17-14-12(4)10-8-2/h7-10H2,1-6H3. The predicted molar refractivity (Wildman–Crippen MR) is 76.8 cm³/mol. The first-order chi connectivity index (χ1) is 8.47. The van der Waals surface area contributed by atoms with E-state index in [0.29, 0.717) is 0 Å². The summed E-state index contributed by atoms with van der Waals surface area (Å²) in [5.74, 6) is 0. The highest BCUT2D eigenvalue weighted by Crippen LogP contribution is 2.10. The minimum Gasteiger partial charge on any atom is -0.383 e. The molecule has 0 atom stereocenters. The molecule has 0 unspecified atom stereocenters. The lowest BCUT2D eigenvalue weighted by Crippen LogP contribution is -2.38. The van der Waals surface area contributed by atoms with Crippen LogP contribution >= 0.6 is 0 Å². The fourth-order valence-corrected chi connectivity index (χ4v) is 2.05. The van der Waals surface area contributed by atoms with Gasteiger partial charge in [-0.3, -0.25) is 0 Å². The van der Waals surface area contributed by atoms with Gasteiger partial charge in [0.05, 0.1) is 11.4 Å². The van der Waals surface area contributed by atoms with Gasteiger partial charge in [-0.05, 0) is 26.7 Å². The Morgan fingerprint density at radius 1 is 0.944 bits per heavy atom. The molecular formula is C12H26N2O3Si. The van der Waals surface area contributed by atoms with Crippen LogP contribution in [0.15, 0.2) is 10.3 Å². The molecule has 0 aromatic rings. The van der Waals surface area contributed by atoms with Crippen molar-refractivity contribution in [3.05, 3.63) is 0 Å². The largest absolute Gasteiger partial charge is 0.670 e. The van der Waals surface area contributed by atoms with Crippen molar-refractivity contribution in [1.29, 1.82) is 0 Å². The van der Waals surface area contributed by atoms with E-state index in [2.05, 4.69) is 24.2 Å². The van der Waals surface area contributed by atoms with Crippen LogP contribution in [0.5, 0.6) is 0 Å². The van der Waals surface area contributed by atoms with Crippen molar-refractivity contribution in [3.8, 4) is 0 Å². The second-order valence-electron chi connectivity index (χ2n) is 4.40. The summed E-state index contributed by atoms with van der Waals surface area (Å²) < 4.78 is 16.1. The van der Waals surface area contributed by atoms with Crippen LogP contribution in [0.25, 0.3) is 0 Å². The third-order valence-corrected chi connectivity index (χ3v) is 3.92. The summed E-state index contributed by atoms with van der Waals surface area (Å²) in [5, 5.41) is 8.08.